The maximum absolute atomic E-state index is 13.7. The largest absolute Gasteiger partial charge is 0.381 e. The van der Waals surface area contributed by atoms with Crippen LogP contribution in [0, 0.1) is 11.6 Å². The number of rotatable bonds is 4. The number of amides is 1. The molecule has 2 fully saturated rings. The van der Waals surface area contributed by atoms with E-state index in [-0.39, 0.29) is 36.4 Å². The van der Waals surface area contributed by atoms with Crippen molar-refractivity contribution >= 4 is 11.6 Å². The summed E-state index contributed by atoms with van der Waals surface area (Å²) in [6.45, 7) is 1.38. The van der Waals surface area contributed by atoms with Gasteiger partial charge in [0.1, 0.15) is 11.6 Å². The molecule has 1 amide bonds. The average Bonchev–Trinajstić information content (AvgIpc) is 2.57. The fourth-order valence-corrected chi connectivity index (χ4v) is 3.52. The summed E-state index contributed by atoms with van der Waals surface area (Å²) in [4.78, 5) is 14.3. The molecule has 7 heteroatoms. The average molecular weight is 340 g/mol. The number of hydrogen-bond donors (Lipinski definition) is 1. The minimum absolute atomic E-state index is 0.00961. The number of carbonyl (C=O) groups is 1. The molecule has 0 spiro atoms. The molecule has 24 heavy (non-hydrogen) atoms. The molecule has 5 nitrogen and oxygen atoms in total. The quantitative estimate of drug-likeness (QED) is 0.913. The fourth-order valence-electron chi connectivity index (χ4n) is 3.52. The lowest BCUT2D eigenvalue weighted by atomic mass is 9.88. The minimum Gasteiger partial charge on any atom is -0.381 e. The molecular weight excluding hydrogens is 318 g/mol. The number of halogens is 2. The van der Waals surface area contributed by atoms with Crippen LogP contribution in [0.25, 0.3) is 0 Å². The third kappa shape index (κ3) is 3.91. The van der Waals surface area contributed by atoms with Crippen LogP contribution in [0.1, 0.15) is 19.3 Å². The van der Waals surface area contributed by atoms with Gasteiger partial charge in [-0.1, -0.05) is 0 Å². The topological polar surface area (TPSA) is 50.8 Å². The van der Waals surface area contributed by atoms with E-state index in [1.807, 2.05) is 0 Å². The second-order valence-corrected chi connectivity index (χ2v) is 6.29. The van der Waals surface area contributed by atoms with E-state index in [0.717, 1.165) is 31.4 Å². The van der Waals surface area contributed by atoms with Gasteiger partial charge in [-0.05, 0) is 31.4 Å². The Morgan fingerprint density at radius 1 is 1.42 bits per heavy atom. The van der Waals surface area contributed by atoms with E-state index < -0.39 is 11.6 Å². The van der Waals surface area contributed by atoms with Crippen molar-refractivity contribution in [3.05, 3.63) is 29.8 Å². The van der Waals surface area contributed by atoms with Crippen LogP contribution in [-0.4, -0.2) is 55.9 Å². The number of benzene rings is 1. The number of anilines is 1. The maximum atomic E-state index is 13.7. The summed E-state index contributed by atoms with van der Waals surface area (Å²) in [5.74, 6) is -1.77. The summed E-state index contributed by atoms with van der Waals surface area (Å²) in [5.41, 5.74) is -0.00961. The first-order valence-corrected chi connectivity index (χ1v) is 8.20. The van der Waals surface area contributed by atoms with Crippen LogP contribution in [-0.2, 0) is 14.3 Å². The Bertz CT molecular complexity index is 599. The second-order valence-electron chi connectivity index (χ2n) is 6.29. The van der Waals surface area contributed by atoms with Gasteiger partial charge in [-0.15, -0.1) is 0 Å². The third-order valence-corrected chi connectivity index (χ3v) is 4.77. The van der Waals surface area contributed by atoms with Crippen molar-refractivity contribution in [1.82, 2.24) is 4.90 Å². The number of nitrogens with one attached hydrogen (secondary N) is 1. The molecular formula is C17H22F2N2O3. The fraction of sp³-hybridized carbons (Fsp3) is 0.588. The van der Waals surface area contributed by atoms with Crippen molar-refractivity contribution in [3.63, 3.8) is 0 Å². The molecule has 1 aromatic rings. The Hall–Kier alpha value is -1.57. The van der Waals surface area contributed by atoms with Crippen LogP contribution in [0.5, 0.6) is 0 Å². The number of morpholine rings is 1. The zero-order valence-corrected chi connectivity index (χ0v) is 13.6. The van der Waals surface area contributed by atoms with Gasteiger partial charge in [-0.25, -0.2) is 8.78 Å². The highest BCUT2D eigenvalue weighted by Gasteiger charge is 2.38. The standard InChI is InChI=1S/C17H22F2N2O3/c1-23-12-3-5-16-15(9-12)21(6-7-24-16)10-17(22)20-14-4-2-11(18)8-13(14)19/h2,4,8,12,15-16H,3,5-7,9-10H2,1H3,(H,20,22)/t12-,15-,16-/m1/s1. The third-order valence-electron chi connectivity index (χ3n) is 4.77. The smallest absolute Gasteiger partial charge is 0.238 e. The van der Waals surface area contributed by atoms with Crippen LogP contribution in [0.2, 0.25) is 0 Å². The van der Waals surface area contributed by atoms with Crippen LogP contribution >= 0.6 is 0 Å². The lowest BCUT2D eigenvalue weighted by Gasteiger charge is -2.45. The van der Waals surface area contributed by atoms with Gasteiger partial charge in [0.05, 0.1) is 31.0 Å². The summed E-state index contributed by atoms with van der Waals surface area (Å²) in [6, 6.07) is 3.23. The molecule has 3 rings (SSSR count). The molecule has 1 aliphatic heterocycles. The molecule has 0 unspecified atom stereocenters. The predicted octanol–water partition coefficient (Wildman–Crippen LogP) is 2.17. The molecule has 132 valence electrons. The first kappa shape index (κ1) is 17.3. The minimum atomic E-state index is -0.777. The molecule has 1 saturated heterocycles. The molecule has 0 radical (unpaired) electrons. The van der Waals surface area contributed by atoms with E-state index in [2.05, 4.69) is 10.2 Å². The van der Waals surface area contributed by atoms with Gasteiger partial charge in [0.2, 0.25) is 5.91 Å². The van der Waals surface area contributed by atoms with Gasteiger partial charge >= 0.3 is 0 Å². The number of carbonyl (C=O) groups excluding carboxylic acids is 1. The number of methoxy groups -OCH3 is 1. The van der Waals surface area contributed by atoms with Crippen molar-refractivity contribution in [2.24, 2.45) is 0 Å². The van der Waals surface area contributed by atoms with Crippen molar-refractivity contribution in [2.45, 2.75) is 37.5 Å². The number of ether oxygens (including phenoxy) is 2. The van der Waals surface area contributed by atoms with Gasteiger partial charge < -0.3 is 14.8 Å². The van der Waals surface area contributed by atoms with Crippen molar-refractivity contribution in [3.8, 4) is 0 Å². The lowest BCUT2D eigenvalue weighted by Crippen LogP contribution is -2.56. The Balaban J connectivity index is 1.62. The normalized spacial score (nSPS) is 27.5. The first-order chi connectivity index (χ1) is 11.6. The zero-order valence-electron chi connectivity index (χ0n) is 13.6. The summed E-state index contributed by atoms with van der Waals surface area (Å²) in [7, 11) is 1.70. The highest BCUT2D eigenvalue weighted by molar-refractivity contribution is 5.92. The highest BCUT2D eigenvalue weighted by atomic mass is 19.1. The van der Waals surface area contributed by atoms with Crippen molar-refractivity contribution in [2.75, 3.05) is 32.1 Å². The number of hydrogen-bond acceptors (Lipinski definition) is 4. The van der Waals surface area contributed by atoms with E-state index in [9.17, 15) is 13.6 Å². The summed E-state index contributed by atoms with van der Waals surface area (Å²) >= 11 is 0. The van der Waals surface area contributed by atoms with Crippen LogP contribution in [0.4, 0.5) is 14.5 Å². The Kier molecular flexibility index (Phi) is 5.43. The summed E-state index contributed by atoms with van der Waals surface area (Å²) in [6.07, 6.45) is 2.97. The molecule has 1 heterocycles. The molecule has 1 N–H and O–H groups in total. The molecule has 1 aromatic carbocycles. The van der Waals surface area contributed by atoms with Gasteiger partial charge in [-0.2, -0.15) is 0 Å². The first-order valence-electron chi connectivity index (χ1n) is 8.20. The number of fused-ring (bicyclic) bond motifs is 1. The van der Waals surface area contributed by atoms with Gasteiger partial charge in [0.25, 0.3) is 0 Å². The second kappa shape index (κ2) is 7.55. The predicted molar refractivity (Wildman–Crippen MR) is 84.7 cm³/mol. The highest BCUT2D eigenvalue weighted by Crippen LogP contribution is 2.30. The maximum Gasteiger partial charge on any atom is 0.238 e. The molecule has 2 aliphatic rings. The van der Waals surface area contributed by atoms with Crippen molar-refractivity contribution in [1.29, 1.82) is 0 Å². The summed E-state index contributed by atoms with van der Waals surface area (Å²) < 4.78 is 37.8. The SMILES string of the molecule is CO[C@@H]1CC[C@H]2OCCN(CC(=O)Nc3ccc(F)cc3F)[C@@H]2C1. The van der Waals surface area contributed by atoms with Crippen molar-refractivity contribution < 1.29 is 23.0 Å². The lowest BCUT2D eigenvalue weighted by molar-refractivity contribution is -0.130. The van der Waals surface area contributed by atoms with Crippen LogP contribution in [0.15, 0.2) is 18.2 Å². The summed E-state index contributed by atoms with van der Waals surface area (Å²) in [5, 5.41) is 2.51. The van der Waals surface area contributed by atoms with Crippen LogP contribution < -0.4 is 5.32 Å². The Morgan fingerprint density at radius 3 is 3.00 bits per heavy atom. The van der Waals surface area contributed by atoms with E-state index in [4.69, 9.17) is 9.47 Å². The molecule has 1 saturated carbocycles. The Labute approximate surface area is 139 Å². The Morgan fingerprint density at radius 2 is 2.25 bits per heavy atom. The van der Waals surface area contributed by atoms with E-state index >= 15 is 0 Å². The molecule has 1 aliphatic carbocycles. The van der Waals surface area contributed by atoms with Crippen LogP contribution in [0.3, 0.4) is 0 Å². The van der Waals surface area contributed by atoms with E-state index in [0.29, 0.717) is 13.2 Å². The molecule has 0 aromatic heterocycles. The van der Waals surface area contributed by atoms with E-state index in [1.54, 1.807) is 7.11 Å². The van der Waals surface area contributed by atoms with Gasteiger partial charge in [0, 0.05) is 25.8 Å². The zero-order chi connectivity index (χ0) is 17.1. The van der Waals surface area contributed by atoms with Gasteiger partial charge in [-0.3, -0.25) is 9.69 Å². The van der Waals surface area contributed by atoms with E-state index in [1.165, 1.54) is 6.07 Å². The molecule has 3 atom stereocenters. The number of nitrogens with zero attached hydrogens (tertiary/aromatic N) is 1. The monoisotopic (exact) mass is 340 g/mol. The molecule has 0 bridgehead atoms. The van der Waals surface area contributed by atoms with Gasteiger partial charge in [0.15, 0.2) is 0 Å².